The van der Waals surface area contributed by atoms with Gasteiger partial charge in [0.05, 0.1) is 12.3 Å². The summed E-state index contributed by atoms with van der Waals surface area (Å²) in [6.07, 6.45) is 6.24. The zero-order valence-corrected chi connectivity index (χ0v) is 16.7. The normalized spacial score (nSPS) is 14.6. The van der Waals surface area contributed by atoms with E-state index in [0.29, 0.717) is 18.2 Å². The summed E-state index contributed by atoms with van der Waals surface area (Å²) in [7, 11) is 0. The van der Waals surface area contributed by atoms with Gasteiger partial charge in [0.25, 0.3) is 0 Å². The number of aromatic nitrogens is 4. The second-order valence-electron chi connectivity index (χ2n) is 6.69. The summed E-state index contributed by atoms with van der Waals surface area (Å²) >= 11 is 1.65. The van der Waals surface area contributed by atoms with Crippen LogP contribution in [0, 0.1) is 5.41 Å². The summed E-state index contributed by atoms with van der Waals surface area (Å²) < 4.78 is 8.05. The highest BCUT2D eigenvalue weighted by Gasteiger charge is 2.24. The Bertz CT molecular complexity index is 1050. The monoisotopic (exact) mass is 394 g/mol. The maximum Gasteiger partial charge on any atom is 0.193 e. The molecule has 0 bridgehead atoms. The average molecular weight is 395 g/mol. The van der Waals surface area contributed by atoms with Crippen LogP contribution in [0.15, 0.2) is 30.7 Å². The van der Waals surface area contributed by atoms with E-state index in [4.69, 9.17) is 20.9 Å². The Morgan fingerprint density at radius 3 is 3.07 bits per heavy atom. The molecular weight excluding hydrogens is 372 g/mol. The minimum Gasteiger partial charge on any atom is -0.492 e. The quantitative estimate of drug-likeness (QED) is 0.638. The van der Waals surface area contributed by atoms with Crippen molar-refractivity contribution in [3.05, 3.63) is 41.2 Å². The van der Waals surface area contributed by atoms with E-state index < -0.39 is 0 Å². The molecule has 0 spiro atoms. The van der Waals surface area contributed by atoms with Gasteiger partial charge in [-0.3, -0.25) is 0 Å². The first kappa shape index (κ1) is 18.4. The molecule has 1 aliphatic rings. The number of hydrogen-bond donors (Lipinski definition) is 2. The van der Waals surface area contributed by atoms with Gasteiger partial charge >= 0.3 is 0 Å². The van der Waals surface area contributed by atoms with E-state index >= 15 is 0 Å². The number of hydrogen-bond acceptors (Lipinski definition) is 7. The third-order valence-electron chi connectivity index (χ3n) is 5.02. The topological polar surface area (TPSA) is 103 Å². The highest BCUT2D eigenvalue weighted by atomic mass is 32.1. The van der Waals surface area contributed by atoms with Crippen molar-refractivity contribution in [2.45, 2.75) is 32.7 Å². The SMILES string of the molecule is CC[C@H](C)n1cnnc1-c1nc2c(s1)CCOc1cc(/C(C=N)=C/N)ccc1-2. The van der Waals surface area contributed by atoms with Crippen molar-refractivity contribution < 1.29 is 4.74 Å². The summed E-state index contributed by atoms with van der Waals surface area (Å²) in [5.74, 6) is 1.57. The molecule has 3 aromatic rings. The van der Waals surface area contributed by atoms with Gasteiger partial charge in [0.15, 0.2) is 10.8 Å². The summed E-state index contributed by atoms with van der Waals surface area (Å²) in [6.45, 7) is 4.88. The minimum atomic E-state index is 0.314. The predicted octanol–water partition coefficient (Wildman–Crippen LogP) is 3.92. The van der Waals surface area contributed by atoms with Crippen molar-refractivity contribution in [1.29, 1.82) is 5.41 Å². The van der Waals surface area contributed by atoms with Crippen LogP contribution in [0.2, 0.25) is 0 Å². The lowest BCUT2D eigenvalue weighted by Gasteiger charge is -2.11. The maximum atomic E-state index is 7.51. The molecule has 0 fully saturated rings. The Morgan fingerprint density at radius 1 is 1.46 bits per heavy atom. The van der Waals surface area contributed by atoms with Crippen LogP contribution in [0.25, 0.3) is 27.7 Å². The molecule has 0 radical (unpaired) electrons. The van der Waals surface area contributed by atoms with Crippen LogP contribution >= 0.6 is 11.3 Å². The van der Waals surface area contributed by atoms with Crippen molar-refractivity contribution in [3.8, 4) is 27.8 Å². The molecule has 28 heavy (non-hydrogen) atoms. The number of fused-ring (bicyclic) bond motifs is 3. The third-order valence-corrected chi connectivity index (χ3v) is 6.13. The van der Waals surface area contributed by atoms with Gasteiger partial charge in [-0.2, -0.15) is 0 Å². The zero-order chi connectivity index (χ0) is 19.7. The van der Waals surface area contributed by atoms with Crippen molar-refractivity contribution in [3.63, 3.8) is 0 Å². The Kier molecular flexibility index (Phi) is 4.95. The van der Waals surface area contributed by atoms with Crippen molar-refractivity contribution >= 4 is 23.1 Å². The second kappa shape index (κ2) is 7.55. The Labute approximate surface area is 167 Å². The van der Waals surface area contributed by atoms with E-state index in [2.05, 4.69) is 28.6 Å². The van der Waals surface area contributed by atoms with Crippen LogP contribution in [0.4, 0.5) is 0 Å². The predicted molar refractivity (Wildman–Crippen MR) is 112 cm³/mol. The van der Waals surface area contributed by atoms with Crippen LogP contribution < -0.4 is 10.5 Å². The molecule has 2 aromatic heterocycles. The molecule has 0 saturated carbocycles. The van der Waals surface area contributed by atoms with E-state index in [1.807, 2.05) is 18.2 Å². The zero-order valence-electron chi connectivity index (χ0n) is 15.8. The number of ether oxygens (including phenoxy) is 1. The molecule has 0 aliphatic carbocycles. The van der Waals surface area contributed by atoms with Gasteiger partial charge in [-0.25, -0.2) is 4.98 Å². The Hall–Kier alpha value is -3.00. The summed E-state index contributed by atoms with van der Waals surface area (Å²) in [4.78, 5) is 6.10. The van der Waals surface area contributed by atoms with Gasteiger partial charge in [-0.05, 0) is 31.0 Å². The van der Waals surface area contributed by atoms with Crippen LogP contribution in [-0.4, -0.2) is 32.6 Å². The smallest absolute Gasteiger partial charge is 0.193 e. The molecule has 0 saturated heterocycles. The van der Waals surface area contributed by atoms with Crippen LogP contribution in [-0.2, 0) is 6.42 Å². The van der Waals surface area contributed by atoms with Gasteiger partial charge in [0.1, 0.15) is 12.1 Å². The largest absolute Gasteiger partial charge is 0.492 e. The number of thiazole rings is 1. The number of allylic oxidation sites excluding steroid dienone is 1. The summed E-state index contributed by atoms with van der Waals surface area (Å²) in [6, 6.07) is 6.18. The number of nitrogens with zero attached hydrogens (tertiary/aromatic N) is 4. The van der Waals surface area contributed by atoms with Gasteiger partial charge in [-0.1, -0.05) is 13.0 Å². The summed E-state index contributed by atoms with van der Waals surface area (Å²) in [5.41, 5.74) is 9.02. The lowest BCUT2D eigenvalue weighted by Crippen LogP contribution is -2.04. The van der Waals surface area contributed by atoms with E-state index in [-0.39, 0.29) is 0 Å². The lowest BCUT2D eigenvalue weighted by atomic mass is 10.0. The fraction of sp³-hybridized carbons (Fsp3) is 0.300. The molecule has 144 valence electrons. The molecule has 3 N–H and O–H groups in total. The molecule has 3 heterocycles. The van der Waals surface area contributed by atoms with E-state index in [1.54, 1.807) is 17.7 Å². The molecule has 4 rings (SSSR count). The molecule has 1 aliphatic heterocycles. The molecular formula is C20H22N6OS. The van der Waals surface area contributed by atoms with Crippen LogP contribution in [0.1, 0.15) is 36.8 Å². The fourth-order valence-electron chi connectivity index (χ4n) is 3.24. The van der Waals surface area contributed by atoms with Crippen molar-refractivity contribution in [2.24, 2.45) is 5.73 Å². The lowest BCUT2D eigenvalue weighted by molar-refractivity contribution is 0.327. The first-order valence-corrected chi connectivity index (χ1v) is 10.1. The first-order chi connectivity index (χ1) is 13.7. The van der Waals surface area contributed by atoms with Gasteiger partial charge in [0.2, 0.25) is 0 Å². The van der Waals surface area contributed by atoms with E-state index in [0.717, 1.165) is 46.2 Å². The van der Waals surface area contributed by atoms with Crippen molar-refractivity contribution in [1.82, 2.24) is 19.7 Å². The molecule has 1 atom stereocenters. The molecule has 0 unspecified atom stereocenters. The Morgan fingerprint density at radius 2 is 2.32 bits per heavy atom. The van der Waals surface area contributed by atoms with E-state index in [1.165, 1.54) is 17.3 Å². The highest BCUT2D eigenvalue weighted by Crippen LogP contribution is 2.41. The maximum absolute atomic E-state index is 7.51. The average Bonchev–Trinajstić information content (AvgIpc) is 3.32. The van der Waals surface area contributed by atoms with Gasteiger partial charge < -0.3 is 20.4 Å². The van der Waals surface area contributed by atoms with E-state index in [9.17, 15) is 0 Å². The third kappa shape index (κ3) is 3.09. The highest BCUT2D eigenvalue weighted by molar-refractivity contribution is 7.15. The molecule has 8 heteroatoms. The van der Waals surface area contributed by atoms with Gasteiger partial charge in [-0.15, -0.1) is 21.5 Å². The molecule has 0 amide bonds. The molecule has 1 aromatic carbocycles. The van der Waals surface area contributed by atoms with Crippen LogP contribution in [0.3, 0.4) is 0 Å². The summed E-state index contributed by atoms with van der Waals surface area (Å²) in [5, 5.41) is 16.8. The number of rotatable bonds is 5. The first-order valence-electron chi connectivity index (χ1n) is 9.25. The van der Waals surface area contributed by atoms with Crippen molar-refractivity contribution in [2.75, 3.05) is 6.61 Å². The Balaban J connectivity index is 1.79. The number of nitrogens with two attached hydrogens (primary N) is 1. The molecule has 7 nitrogen and oxygen atoms in total. The van der Waals surface area contributed by atoms with Gasteiger partial charge in [0, 0.05) is 40.9 Å². The minimum absolute atomic E-state index is 0.314. The number of benzene rings is 1. The number of nitrogens with one attached hydrogen (secondary N) is 1. The fourth-order valence-corrected chi connectivity index (χ4v) is 4.29. The second-order valence-corrected chi connectivity index (χ2v) is 7.77. The standard InChI is InChI=1S/C20H22N6OS/c1-3-12(2)26-11-23-25-19(26)20-24-18-15-5-4-13(14(9-21)10-22)8-16(15)27-7-6-17(18)28-20/h4-5,8-12,21H,3,6-7,22H2,1-2H3/b14-10+,21-9?/t12-/m0/s1. The van der Waals surface area contributed by atoms with Crippen LogP contribution in [0.5, 0.6) is 5.75 Å².